The highest BCUT2D eigenvalue weighted by Crippen LogP contribution is 2.18. The van der Waals surface area contributed by atoms with Gasteiger partial charge in [-0.05, 0) is 26.8 Å². The molecule has 8 heteroatoms. The van der Waals surface area contributed by atoms with Crippen LogP contribution in [0.3, 0.4) is 0 Å². The molecular formula is C14H20N4O4. The SMILES string of the molecule is CC(C)(C)OC(=O)NCC(O)C(O)c1cc2cn[nH]c2cn1. The van der Waals surface area contributed by atoms with Crippen LogP contribution in [-0.4, -0.2) is 49.7 Å². The summed E-state index contributed by atoms with van der Waals surface area (Å²) in [6.07, 6.45) is 0.0311. The van der Waals surface area contributed by atoms with Gasteiger partial charge in [0.05, 0.1) is 23.6 Å². The van der Waals surface area contributed by atoms with Gasteiger partial charge in [0.15, 0.2) is 0 Å². The third-order valence-electron chi connectivity index (χ3n) is 2.87. The molecule has 2 rings (SSSR count). The first kappa shape index (κ1) is 16.2. The number of carbonyl (C=O) groups is 1. The van der Waals surface area contributed by atoms with Crippen molar-refractivity contribution >= 4 is 17.0 Å². The molecule has 0 aliphatic carbocycles. The number of rotatable bonds is 4. The number of carbonyl (C=O) groups excluding carboxylic acids is 1. The Balaban J connectivity index is 1.94. The number of aliphatic hydroxyl groups excluding tert-OH is 2. The van der Waals surface area contributed by atoms with Crippen molar-refractivity contribution in [1.82, 2.24) is 20.5 Å². The van der Waals surface area contributed by atoms with Crippen LogP contribution in [0.25, 0.3) is 10.9 Å². The number of ether oxygens (including phenoxy) is 1. The number of aliphatic hydroxyl groups is 2. The Bertz CT molecular complexity index is 650. The van der Waals surface area contributed by atoms with Crippen LogP contribution < -0.4 is 5.32 Å². The van der Waals surface area contributed by atoms with Crippen molar-refractivity contribution in [2.45, 2.75) is 38.6 Å². The van der Waals surface area contributed by atoms with Crippen LogP contribution in [0.2, 0.25) is 0 Å². The van der Waals surface area contributed by atoms with Gasteiger partial charge in [0, 0.05) is 11.9 Å². The summed E-state index contributed by atoms with van der Waals surface area (Å²) in [6, 6.07) is 1.63. The Hall–Kier alpha value is -2.19. The summed E-state index contributed by atoms with van der Waals surface area (Å²) in [6.45, 7) is 5.06. The van der Waals surface area contributed by atoms with Crippen LogP contribution in [0.15, 0.2) is 18.5 Å². The molecule has 8 nitrogen and oxygen atoms in total. The van der Waals surface area contributed by atoms with Gasteiger partial charge < -0.3 is 20.3 Å². The third-order valence-corrected chi connectivity index (χ3v) is 2.87. The van der Waals surface area contributed by atoms with Gasteiger partial charge in [0.25, 0.3) is 0 Å². The van der Waals surface area contributed by atoms with Crippen molar-refractivity contribution in [3.63, 3.8) is 0 Å². The van der Waals surface area contributed by atoms with Crippen LogP contribution >= 0.6 is 0 Å². The number of alkyl carbamates (subject to hydrolysis) is 1. The monoisotopic (exact) mass is 308 g/mol. The minimum Gasteiger partial charge on any atom is -0.444 e. The summed E-state index contributed by atoms with van der Waals surface area (Å²) in [5, 5.41) is 29.8. The van der Waals surface area contributed by atoms with Crippen molar-refractivity contribution in [1.29, 1.82) is 0 Å². The highest BCUT2D eigenvalue weighted by molar-refractivity contribution is 5.77. The molecular weight excluding hydrogens is 288 g/mol. The maximum absolute atomic E-state index is 11.5. The molecule has 2 aromatic heterocycles. The molecule has 2 aromatic rings. The fourth-order valence-electron chi connectivity index (χ4n) is 1.83. The topological polar surface area (TPSA) is 120 Å². The van der Waals surface area contributed by atoms with Gasteiger partial charge in [0.2, 0.25) is 0 Å². The Morgan fingerprint density at radius 3 is 2.82 bits per heavy atom. The minimum absolute atomic E-state index is 0.152. The van der Waals surface area contributed by atoms with Crippen molar-refractivity contribution in [3.8, 4) is 0 Å². The van der Waals surface area contributed by atoms with Crippen LogP contribution in [-0.2, 0) is 4.74 Å². The van der Waals surface area contributed by atoms with E-state index in [0.29, 0.717) is 5.69 Å². The first-order chi connectivity index (χ1) is 10.3. The maximum atomic E-state index is 11.5. The number of amides is 1. The second-order valence-electron chi connectivity index (χ2n) is 5.96. The molecule has 2 unspecified atom stereocenters. The fraction of sp³-hybridized carbons (Fsp3) is 0.500. The average Bonchev–Trinajstić information content (AvgIpc) is 2.89. The fourth-order valence-corrected chi connectivity index (χ4v) is 1.83. The van der Waals surface area contributed by atoms with Crippen molar-refractivity contribution in [2.24, 2.45) is 0 Å². The normalized spacial score (nSPS) is 14.6. The standard InChI is InChI=1S/C14H20N4O4/c1-14(2,3)22-13(21)16-7-11(19)12(20)9-4-8-5-17-18-10(8)6-15-9/h4-6,11-12,19-20H,7H2,1-3H3,(H,16,21)(H,17,18). The number of aromatic amines is 1. The number of nitrogens with one attached hydrogen (secondary N) is 2. The molecule has 0 saturated heterocycles. The minimum atomic E-state index is -1.23. The molecule has 4 N–H and O–H groups in total. The predicted molar refractivity (Wildman–Crippen MR) is 79.1 cm³/mol. The zero-order valence-electron chi connectivity index (χ0n) is 12.7. The van der Waals surface area contributed by atoms with Crippen LogP contribution in [0.1, 0.15) is 32.6 Å². The largest absolute Gasteiger partial charge is 0.444 e. The third kappa shape index (κ3) is 4.15. The molecule has 0 fully saturated rings. The lowest BCUT2D eigenvalue weighted by atomic mass is 10.1. The summed E-state index contributed by atoms with van der Waals surface area (Å²) in [5.41, 5.74) is 0.409. The van der Waals surface area contributed by atoms with Gasteiger partial charge in [-0.25, -0.2) is 4.79 Å². The summed E-state index contributed by atoms with van der Waals surface area (Å²) >= 11 is 0. The number of H-pyrrole nitrogens is 1. The molecule has 0 aliphatic rings. The van der Waals surface area contributed by atoms with E-state index in [2.05, 4.69) is 20.5 Å². The zero-order valence-corrected chi connectivity index (χ0v) is 12.7. The summed E-state index contributed by atoms with van der Waals surface area (Å²) in [7, 11) is 0. The van der Waals surface area contributed by atoms with E-state index < -0.39 is 23.9 Å². The molecule has 0 saturated carbocycles. The molecule has 0 bridgehead atoms. The van der Waals surface area contributed by atoms with E-state index in [1.54, 1.807) is 33.0 Å². The number of pyridine rings is 1. The lowest BCUT2D eigenvalue weighted by molar-refractivity contribution is 0.0109. The number of fused-ring (bicyclic) bond motifs is 1. The highest BCUT2D eigenvalue weighted by Gasteiger charge is 2.22. The smallest absolute Gasteiger partial charge is 0.407 e. The molecule has 120 valence electrons. The number of aromatic nitrogens is 3. The van der Waals surface area contributed by atoms with E-state index in [1.807, 2.05) is 0 Å². The van der Waals surface area contributed by atoms with Crippen molar-refractivity contribution < 1.29 is 19.7 Å². The van der Waals surface area contributed by atoms with Gasteiger partial charge in [-0.3, -0.25) is 10.1 Å². The van der Waals surface area contributed by atoms with E-state index in [9.17, 15) is 15.0 Å². The van der Waals surface area contributed by atoms with Gasteiger partial charge in [-0.1, -0.05) is 0 Å². The number of hydrogen-bond acceptors (Lipinski definition) is 6. The molecule has 2 atom stereocenters. The van der Waals surface area contributed by atoms with E-state index in [1.165, 1.54) is 6.20 Å². The molecule has 0 spiro atoms. The molecule has 0 aliphatic heterocycles. The van der Waals surface area contributed by atoms with E-state index >= 15 is 0 Å². The Morgan fingerprint density at radius 1 is 1.41 bits per heavy atom. The highest BCUT2D eigenvalue weighted by atomic mass is 16.6. The molecule has 22 heavy (non-hydrogen) atoms. The lowest BCUT2D eigenvalue weighted by Gasteiger charge is -2.22. The second-order valence-corrected chi connectivity index (χ2v) is 5.96. The Labute approximate surface area is 127 Å². The van der Waals surface area contributed by atoms with E-state index in [4.69, 9.17) is 4.74 Å². The second kappa shape index (κ2) is 6.29. The summed E-state index contributed by atoms with van der Waals surface area (Å²) in [5.74, 6) is 0. The first-order valence-electron chi connectivity index (χ1n) is 6.88. The van der Waals surface area contributed by atoms with Gasteiger partial charge >= 0.3 is 6.09 Å². The van der Waals surface area contributed by atoms with E-state index in [-0.39, 0.29) is 6.54 Å². The van der Waals surface area contributed by atoms with Gasteiger partial charge in [-0.2, -0.15) is 5.10 Å². The molecule has 2 heterocycles. The van der Waals surface area contributed by atoms with Gasteiger partial charge in [-0.15, -0.1) is 0 Å². The van der Waals surface area contributed by atoms with Crippen molar-refractivity contribution in [3.05, 3.63) is 24.2 Å². The number of nitrogens with zero attached hydrogens (tertiary/aromatic N) is 2. The molecule has 0 radical (unpaired) electrons. The molecule has 0 aromatic carbocycles. The van der Waals surface area contributed by atoms with Gasteiger partial charge in [0.1, 0.15) is 17.8 Å². The summed E-state index contributed by atoms with van der Waals surface area (Å²) < 4.78 is 5.05. The van der Waals surface area contributed by atoms with E-state index in [0.717, 1.165) is 10.9 Å². The van der Waals surface area contributed by atoms with Crippen LogP contribution in [0, 0.1) is 0 Å². The van der Waals surface area contributed by atoms with Crippen molar-refractivity contribution in [2.75, 3.05) is 6.54 Å². The zero-order chi connectivity index (χ0) is 16.3. The summed E-state index contributed by atoms with van der Waals surface area (Å²) in [4.78, 5) is 15.6. The van der Waals surface area contributed by atoms with Crippen LogP contribution in [0.4, 0.5) is 4.79 Å². The first-order valence-corrected chi connectivity index (χ1v) is 6.88. The number of hydrogen-bond donors (Lipinski definition) is 4. The average molecular weight is 308 g/mol. The molecule has 1 amide bonds. The van der Waals surface area contributed by atoms with Crippen LogP contribution in [0.5, 0.6) is 0 Å². The lowest BCUT2D eigenvalue weighted by Crippen LogP contribution is -2.39. The quantitative estimate of drug-likeness (QED) is 0.665. The predicted octanol–water partition coefficient (Wildman–Crippen LogP) is 0.877. The maximum Gasteiger partial charge on any atom is 0.407 e. The Morgan fingerprint density at radius 2 is 2.14 bits per heavy atom. The Kier molecular flexibility index (Phi) is 4.62.